The lowest BCUT2D eigenvalue weighted by Gasteiger charge is -2.34. The standard InChI is InChI=1S/C10H18F2N2O.C2HF3O2/c11-10(12)5-9(6-15)14(7-10)8-1-3-13-4-2-8;3-2(4,5)1(6)7/h8-9,13,15H,1-7H2;(H,6,7)/t9-;/m1./s1. The molecule has 2 aliphatic heterocycles. The number of piperidine rings is 1. The quantitative estimate of drug-likeness (QED) is 0.659. The van der Waals surface area contributed by atoms with Crippen molar-refractivity contribution in [3.63, 3.8) is 0 Å². The summed E-state index contributed by atoms with van der Waals surface area (Å²) in [7, 11) is 0. The molecule has 0 aromatic heterocycles. The summed E-state index contributed by atoms with van der Waals surface area (Å²) < 4.78 is 58.2. The van der Waals surface area contributed by atoms with Crippen molar-refractivity contribution < 1.29 is 37.0 Å². The molecule has 2 rings (SSSR count). The maximum absolute atomic E-state index is 13.2. The fraction of sp³-hybridized carbons (Fsp3) is 0.917. The highest BCUT2D eigenvalue weighted by molar-refractivity contribution is 5.73. The molecule has 0 radical (unpaired) electrons. The lowest BCUT2D eigenvalue weighted by molar-refractivity contribution is -0.192. The molecular weight excluding hydrogens is 315 g/mol. The predicted octanol–water partition coefficient (Wildman–Crippen LogP) is 1.07. The van der Waals surface area contributed by atoms with Crippen LogP contribution in [0.5, 0.6) is 0 Å². The van der Waals surface area contributed by atoms with Crippen LogP contribution in [0.3, 0.4) is 0 Å². The zero-order chi connectivity index (χ0) is 17.0. The molecule has 0 amide bonds. The molecule has 2 saturated heterocycles. The highest BCUT2D eigenvalue weighted by Crippen LogP contribution is 2.34. The Labute approximate surface area is 124 Å². The molecule has 22 heavy (non-hydrogen) atoms. The van der Waals surface area contributed by atoms with Crippen molar-refractivity contribution in [1.82, 2.24) is 10.2 Å². The van der Waals surface area contributed by atoms with Crippen LogP contribution in [0.15, 0.2) is 0 Å². The topological polar surface area (TPSA) is 72.8 Å². The molecule has 0 aromatic carbocycles. The van der Waals surface area contributed by atoms with Crippen LogP contribution < -0.4 is 5.32 Å². The van der Waals surface area contributed by atoms with Gasteiger partial charge in [-0.2, -0.15) is 13.2 Å². The molecule has 0 aromatic rings. The van der Waals surface area contributed by atoms with Crippen molar-refractivity contribution in [2.45, 2.75) is 43.4 Å². The van der Waals surface area contributed by atoms with Crippen molar-refractivity contribution in [2.24, 2.45) is 0 Å². The number of carboxylic acid groups (broad SMARTS) is 1. The molecule has 0 unspecified atom stereocenters. The number of nitrogens with zero attached hydrogens (tertiary/aromatic N) is 1. The fourth-order valence-electron chi connectivity index (χ4n) is 2.66. The van der Waals surface area contributed by atoms with Crippen LogP contribution in [0.4, 0.5) is 22.0 Å². The molecule has 1 atom stereocenters. The Hall–Kier alpha value is -1.00. The van der Waals surface area contributed by atoms with Gasteiger partial charge in [-0.05, 0) is 25.9 Å². The zero-order valence-corrected chi connectivity index (χ0v) is 11.7. The number of rotatable bonds is 2. The van der Waals surface area contributed by atoms with Crippen LogP contribution in [-0.2, 0) is 4.79 Å². The number of carbonyl (C=O) groups is 1. The first-order valence-corrected chi connectivity index (χ1v) is 6.82. The van der Waals surface area contributed by atoms with Gasteiger partial charge in [-0.3, -0.25) is 4.90 Å². The maximum atomic E-state index is 13.2. The van der Waals surface area contributed by atoms with Gasteiger partial charge < -0.3 is 15.5 Å². The number of hydrogen-bond donors (Lipinski definition) is 3. The van der Waals surface area contributed by atoms with Crippen molar-refractivity contribution in [3.05, 3.63) is 0 Å². The van der Waals surface area contributed by atoms with Crippen LogP contribution >= 0.6 is 0 Å². The van der Waals surface area contributed by atoms with Crippen molar-refractivity contribution in [2.75, 3.05) is 26.2 Å². The molecule has 0 spiro atoms. The highest BCUT2D eigenvalue weighted by Gasteiger charge is 2.46. The molecular formula is C12H19F5N2O3. The van der Waals surface area contributed by atoms with Gasteiger partial charge in [0.05, 0.1) is 13.2 Å². The Kier molecular flexibility index (Phi) is 6.50. The number of aliphatic hydroxyl groups excluding tert-OH is 1. The Balaban J connectivity index is 0.000000295. The van der Waals surface area contributed by atoms with Gasteiger partial charge in [0.1, 0.15) is 0 Å². The average molecular weight is 334 g/mol. The third kappa shape index (κ3) is 5.65. The summed E-state index contributed by atoms with van der Waals surface area (Å²) in [5, 5.41) is 19.4. The maximum Gasteiger partial charge on any atom is 0.490 e. The molecule has 3 N–H and O–H groups in total. The van der Waals surface area contributed by atoms with Gasteiger partial charge in [-0.1, -0.05) is 0 Å². The minimum atomic E-state index is -5.08. The molecule has 2 aliphatic rings. The third-order valence-corrected chi connectivity index (χ3v) is 3.65. The van der Waals surface area contributed by atoms with Gasteiger partial charge in [-0.15, -0.1) is 0 Å². The van der Waals surface area contributed by atoms with E-state index < -0.39 is 18.1 Å². The smallest absolute Gasteiger partial charge is 0.475 e. The summed E-state index contributed by atoms with van der Waals surface area (Å²) >= 11 is 0. The van der Waals surface area contributed by atoms with Crippen LogP contribution in [0, 0.1) is 0 Å². The summed E-state index contributed by atoms with van der Waals surface area (Å²) in [6.07, 6.45) is -3.45. The van der Waals surface area contributed by atoms with Crippen LogP contribution in [0.1, 0.15) is 19.3 Å². The van der Waals surface area contributed by atoms with E-state index in [1.165, 1.54) is 0 Å². The van der Waals surface area contributed by atoms with E-state index >= 15 is 0 Å². The Morgan fingerprint density at radius 2 is 1.77 bits per heavy atom. The monoisotopic (exact) mass is 334 g/mol. The van der Waals surface area contributed by atoms with Gasteiger partial charge in [-0.25, -0.2) is 13.6 Å². The van der Waals surface area contributed by atoms with E-state index in [2.05, 4.69) is 5.32 Å². The molecule has 130 valence electrons. The molecule has 2 heterocycles. The van der Waals surface area contributed by atoms with E-state index in [4.69, 9.17) is 15.0 Å². The highest BCUT2D eigenvalue weighted by atomic mass is 19.4. The summed E-state index contributed by atoms with van der Waals surface area (Å²) in [6, 6.07) is -0.125. The lowest BCUT2D eigenvalue weighted by Crippen LogP contribution is -2.46. The van der Waals surface area contributed by atoms with E-state index in [0.29, 0.717) is 0 Å². The van der Waals surface area contributed by atoms with E-state index in [0.717, 1.165) is 25.9 Å². The minimum absolute atomic E-state index is 0.153. The number of nitrogens with one attached hydrogen (secondary N) is 1. The largest absolute Gasteiger partial charge is 0.490 e. The number of carboxylic acids is 1. The number of hydrogen-bond acceptors (Lipinski definition) is 4. The second-order valence-electron chi connectivity index (χ2n) is 5.35. The Morgan fingerprint density at radius 3 is 2.18 bits per heavy atom. The van der Waals surface area contributed by atoms with E-state index in [9.17, 15) is 22.0 Å². The third-order valence-electron chi connectivity index (χ3n) is 3.65. The van der Waals surface area contributed by atoms with Crippen LogP contribution in [-0.4, -0.2) is 71.5 Å². The number of halogens is 5. The molecule has 2 fully saturated rings. The summed E-state index contributed by atoms with van der Waals surface area (Å²) in [5.41, 5.74) is 0. The van der Waals surface area contributed by atoms with Gasteiger partial charge >= 0.3 is 12.1 Å². The lowest BCUT2D eigenvalue weighted by atomic mass is 10.0. The van der Waals surface area contributed by atoms with Crippen molar-refractivity contribution in [3.8, 4) is 0 Å². The molecule has 0 bridgehead atoms. The first-order chi connectivity index (χ1) is 10.1. The second-order valence-corrected chi connectivity index (χ2v) is 5.35. The van der Waals surface area contributed by atoms with Gasteiger partial charge in [0, 0.05) is 18.5 Å². The number of alkyl halides is 5. The second kappa shape index (κ2) is 7.51. The summed E-state index contributed by atoms with van der Waals surface area (Å²) in [5.74, 6) is -5.37. The average Bonchev–Trinajstić information content (AvgIpc) is 2.75. The van der Waals surface area contributed by atoms with Crippen molar-refractivity contribution in [1.29, 1.82) is 0 Å². The Bertz CT molecular complexity index is 372. The molecule has 10 heteroatoms. The van der Waals surface area contributed by atoms with E-state index in [-0.39, 0.29) is 31.7 Å². The summed E-state index contributed by atoms with van der Waals surface area (Å²) in [4.78, 5) is 10.7. The number of aliphatic carboxylic acids is 1. The summed E-state index contributed by atoms with van der Waals surface area (Å²) in [6.45, 7) is 1.46. The van der Waals surface area contributed by atoms with E-state index in [1.807, 2.05) is 0 Å². The predicted molar refractivity (Wildman–Crippen MR) is 66.7 cm³/mol. The first-order valence-electron chi connectivity index (χ1n) is 6.82. The van der Waals surface area contributed by atoms with Gasteiger partial charge in [0.2, 0.25) is 0 Å². The minimum Gasteiger partial charge on any atom is -0.475 e. The molecule has 0 aliphatic carbocycles. The normalized spacial score (nSPS) is 26.4. The van der Waals surface area contributed by atoms with Gasteiger partial charge in [0.15, 0.2) is 0 Å². The number of likely N-dealkylation sites (tertiary alicyclic amines) is 1. The van der Waals surface area contributed by atoms with E-state index in [1.54, 1.807) is 4.90 Å². The number of aliphatic hydroxyl groups is 1. The fourth-order valence-corrected chi connectivity index (χ4v) is 2.66. The molecule has 0 saturated carbocycles. The first kappa shape index (κ1) is 19.0. The van der Waals surface area contributed by atoms with Crippen LogP contribution in [0.2, 0.25) is 0 Å². The van der Waals surface area contributed by atoms with Crippen LogP contribution in [0.25, 0.3) is 0 Å². The molecule has 5 nitrogen and oxygen atoms in total. The zero-order valence-electron chi connectivity index (χ0n) is 11.7. The SMILES string of the molecule is O=C(O)C(F)(F)F.OC[C@H]1CC(F)(F)CN1C1CCNCC1. The van der Waals surface area contributed by atoms with Gasteiger partial charge in [0.25, 0.3) is 5.92 Å². The Morgan fingerprint density at radius 1 is 1.27 bits per heavy atom. The van der Waals surface area contributed by atoms with Crippen molar-refractivity contribution >= 4 is 5.97 Å².